The number of nitro benzene ring substituents is 1. The number of non-ortho nitro benzene ring substituents is 1. The number of hydrogen-bond acceptors (Lipinski definition) is 3. The summed E-state index contributed by atoms with van der Waals surface area (Å²) in [6.45, 7) is 6.70. The van der Waals surface area contributed by atoms with Crippen molar-refractivity contribution in [1.82, 2.24) is 5.32 Å². The minimum Gasteiger partial charge on any atom is -0.348 e. The van der Waals surface area contributed by atoms with Gasteiger partial charge >= 0.3 is 0 Å². The highest BCUT2D eigenvalue weighted by molar-refractivity contribution is 5.95. The summed E-state index contributed by atoms with van der Waals surface area (Å²) >= 11 is 0. The summed E-state index contributed by atoms with van der Waals surface area (Å²) in [5.41, 5.74) is 0.524. The Balaban J connectivity index is 1.83. The van der Waals surface area contributed by atoms with E-state index in [0.29, 0.717) is 11.5 Å². The largest absolute Gasteiger partial charge is 0.348 e. The number of nitrogens with one attached hydrogen (secondary N) is 1. The lowest BCUT2D eigenvalue weighted by Gasteiger charge is -2.43. The van der Waals surface area contributed by atoms with Crippen molar-refractivity contribution in [2.24, 2.45) is 16.7 Å². The fourth-order valence-electron chi connectivity index (χ4n) is 4.64. The lowest BCUT2D eigenvalue weighted by Crippen LogP contribution is -2.52. The van der Waals surface area contributed by atoms with Gasteiger partial charge in [-0.05, 0) is 42.1 Å². The summed E-state index contributed by atoms with van der Waals surface area (Å²) in [7, 11) is 0. The molecule has 0 spiro atoms. The van der Waals surface area contributed by atoms with E-state index in [-0.39, 0.29) is 28.5 Å². The average Bonchev–Trinajstić information content (AvgIpc) is 2.94. The number of nitrogens with zero attached hydrogens (tertiary/aromatic N) is 1. The van der Waals surface area contributed by atoms with Crippen molar-refractivity contribution in [3.8, 4) is 0 Å². The van der Waals surface area contributed by atoms with Crippen LogP contribution in [-0.4, -0.2) is 16.9 Å². The lowest BCUT2D eigenvalue weighted by molar-refractivity contribution is -0.384. The van der Waals surface area contributed by atoms with E-state index in [4.69, 9.17) is 0 Å². The van der Waals surface area contributed by atoms with Crippen LogP contribution in [0.15, 0.2) is 24.3 Å². The van der Waals surface area contributed by atoms with Crippen LogP contribution in [0, 0.1) is 26.9 Å². The number of nitro groups is 1. The molecule has 0 heterocycles. The van der Waals surface area contributed by atoms with E-state index in [1.165, 1.54) is 18.6 Å². The predicted octanol–water partition coefficient (Wildman–Crippen LogP) is 3.54. The number of carbonyl (C=O) groups is 1. The number of hydrogen-bond donors (Lipinski definition) is 1. The molecule has 5 heteroatoms. The van der Waals surface area contributed by atoms with Gasteiger partial charge < -0.3 is 5.32 Å². The van der Waals surface area contributed by atoms with Gasteiger partial charge in [0.2, 0.25) is 0 Å². The quantitative estimate of drug-likeness (QED) is 0.685. The molecule has 1 aromatic rings. The monoisotopic (exact) mass is 302 g/mol. The molecule has 3 rings (SSSR count). The highest BCUT2D eigenvalue weighted by Crippen LogP contribution is 2.62. The Morgan fingerprint density at radius 1 is 1.36 bits per heavy atom. The van der Waals surface area contributed by atoms with Crippen molar-refractivity contribution in [2.75, 3.05) is 0 Å². The molecule has 0 unspecified atom stereocenters. The molecule has 1 aromatic carbocycles. The van der Waals surface area contributed by atoms with Gasteiger partial charge in [-0.15, -0.1) is 0 Å². The Kier molecular flexibility index (Phi) is 3.27. The van der Waals surface area contributed by atoms with Crippen LogP contribution in [-0.2, 0) is 0 Å². The Labute approximate surface area is 130 Å². The predicted molar refractivity (Wildman–Crippen MR) is 83.6 cm³/mol. The van der Waals surface area contributed by atoms with Gasteiger partial charge in [0, 0.05) is 23.7 Å². The van der Waals surface area contributed by atoms with Gasteiger partial charge in [0.15, 0.2) is 0 Å². The Morgan fingerprint density at radius 3 is 2.68 bits per heavy atom. The molecule has 2 bridgehead atoms. The zero-order valence-corrected chi connectivity index (χ0v) is 13.3. The molecule has 0 aromatic heterocycles. The van der Waals surface area contributed by atoms with E-state index < -0.39 is 4.92 Å². The van der Waals surface area contributed by atoms with Crippen molar-refractivity contribution in [3.05, 3.63) is 39.9 Å². The molecule has 0 aliphatic heterocycles. The number of amides is 1. The van der Waals surface area contributed by atoms with Gasteiger partial charge in [-0.2, -0.15) is 0 Å². The fourth-order valence-corrected chi connectivity index (χ4v) is 4.64. The first kappa shape index (κ1) is 15.0. The summed E-state index contributed by atoms with van der Waals surface area (Å²) in [6, 6.07) is 6.05. The maximum atomic E-state index is 12.5. The van der Waals surface area contributed by atoms with Crippen molar-refractivity contribution in [1.29, 1.82) is 0 Å². The standard InChI is InChI=1S/C17H22N2O3/c1-16(2)12-7-8-17(3,10-12)15(16)18-14(20)11-5-4-6-13(9-11)19(21)22/h4-6,9,12,15H,7-8,10H2,1-3H3,(H,18,20)/t12-,15-,17+/m0/s1. The SMILES string of the molecule is CC1(C)[C@H]2CC[C@](C)(C2)[C@H]1NC(=O)c1cccc([N+](=O)[O-])c1. The van der Waals surface area contributed by atoms with Gasteiger partial charge in [-0.25, -0.2) is 0 Å². The second-order valence-electron chi connectivity index (χ2n) is 7.63. The summed E-state index contributed by atoms with van der Waals surface area (Å²) in [6.07, 6.45) is 3.52. The second-order valence-corrected chi connectivity index (χ2v) is 7.63. The molecular formula is C17H22N2O3. The van der Waals surface area contributed by atoms with Gasteiger partial charge in [0.25, 0.3) is 11.6 Å². The summed E-state index contributed by atoms with van der Waals surface area (Å²) < 4.78 is 0. The first-order valence-corrected chi connectivity index (χ1v) is 7.79. The smallest absolute Gasteiger partial charge is 0.270 e. The molecule has 0 radical (unpaired) electrons. The molecule has 1 amide bonds. The maximum absolute atomic E-state index is 12.5. The molecule has 3 atom stereocenters. The zero-order chi connectivity index (χ0) is 16.1. The van der Waals surface area contributed by atoms with Crippen molar-refractivity contribution in [2.45, 2.75) is 46.1 Å². The van der Waals surface area contributed by atoms with E-state index in [2.05, 4.69) is 26.1 Å². The lowest BCUT2D eigenvalue weighted by atomic mass is 9.68. The maximum Gasteiger partial charge on any atom is 0.270 e. The van der Waals surface area contributed by atoms with Crippen LogP contribution in [0.25, 0.3) is 0 Å². The highest BCUT2D eigenvalue weighted by atomic mass is 16.6. The van der Waals surface area contributed by atoms with E-state index in [1.54, 1.807) is 12.1 Å². The Morgan fingerprint density at radius 2 is 2.09 bits per heavy atom. The highest BCUT2D eigenvalue weighted by Gasteiger charge is 2.59. The summed E-state index contributed by atoms with van der Waals surface area (Å²) in [5, 5.41) is 14.0. The number of fused-ring (bicyclic) bond motifs is 2. The summed E-state index contributed by atoms with van der Waals surface area (Å²) in [4.78, 5) is 22.9. The second kappa shape index (κ2) is 4.80. The van der Waals surface area contributed by atoms with Crippen LogP contribution in [0.3, 0.4) is 0 Å². The number of benzene rings is 1. The Bertz CT molecular complexity index is 636. The van der Waals surface area contributed by atoms with Crippen molar-refractivity contribution < 1.29 is 9.72 Å². The number of carbonyl (C=O) groups excluding carboxylic acids is 1. The molecule has 2 aliphatic carbocycles. The van der Waals surface area contributed by atoms with Crippen LogP contribution in [0.4, 0.5) is 5.69 Å². The molecule has 22 heavy (non-hydrogen) atoms. The molecule has 1 N–H and O–H groups in total. The molecule has 118 valence electrons. The summed E-state index contributed by atoms with van der Waals surface area (Å²) in [5.74, 6) is 0.434. The van der Waals surface area contributed by atoms with E-state index in [9.17, 15) is 14.9 Å². The van der Waals surface area contributed by atoms with Gasteiger partial charge in [0.05, 0.1) is 4.92 Å². The molecule has 0 saturated heterocycles. The average molecular weight is 302 g/mol. The van der Waals surface area contributed by atoms with Gasteiger partial charge in [0.1, 0.15) is 0 Å². The van der Waals surface area contributed by atoms with Gasteiger partial charge in [-0.3, -0.25) is 14.9 Å². The zero-order valence-electron chi connectivity index (χ0n) is 13.3. The normalized spacial score (nSPS) is 32.0. The van der Waals surface area contributed by atoms with Crippen LogP contribution in [0.5, 0.6) is 0 Å². The molecule has 5 nitrogen and oxygen atoms in total. The minimum atomic E-state index is -0.473. The Hall–Kier alpha value is -1.91. The minimum absolute atomic E-state index is 0.0499. The van der Waals surface area contributed by atoms with E-state index in [1.807, 2.05) is 0 Å². The van der Waals surface area contributed by atoms with Crippen LogP contribution in [0.1, 0.15) is 50.4 Å². The third-order valence-electron chi connectivity index (χ3n) is 5.86. The topological polar surface area (TPSA) is 72.2 Å². The first-order chi connectivity index (χ1) is 10.2. The third kappa shape index (κ3) is 2.19. The molecule has 2 saturated carbocycles. The molecular weight excluding hydrogens is 280 g/mol. The fraction of sp³-hybridized carbons (Fsp3) is 0.588. The van der Waals surface area contributed by atoms with E-state index >= 15 is 0 Å². The number of rotatable bonds is 3. The van der Waals surface area contributed by atoms with Crippen LogP contribution >= 0.6 is 0 Å². The van der Waals surface area contributed by atoms with Crippen LogP contribution in [0.2, 0.25) is 0 Å². The first-order valence-electron chi connectivity index (χ1n) is 7.79. The molecule has 2 aliphatic rings. The van der Waals surface area contributed by atoms with Crippen LogP contribution < -0.4 is 5.32 Å². The van der Waals surface area contributed by atoms with Crippen molar-refractivity contribution >= 4 is 11.6 Å². The van der Waals surface area contributed by atoms with Gasteiger partial charge in [-0.1, -0.05) is 26.8 Å². The molecule has 2 fully saturated rings. The van der Waals surface area contributed by atoms with Crippen molar-refractivity contribution in [3.63, 3.8) is 0 Å². The van der Waals surface area contributed by atoms with E-state index in [0.717, 1.165) is 12.8 Å². The third-order valence-corrected chi connectivity index (χ3v) is 5.86.